The van der Waals surface area contributed by atoms with Gasteiger partial charge in [0.1, 0.15) is 4.90 Å². The second-order valence-electron chi connectivity index (χ2n) is 8.44. The van der Waals surface area contributed by atoms with E-state index in [0.29, 0.717) is 37.0 Å². The van der Waals surface area contributed by atoms with Gasteiger partial charge >= 0.3 is 0 Å². The van der Waals surface area contributed by atoms with Crippen LogP contribution >= 0.6 is 23.2 Å². The van der Waals surface area contributed by atoms with Crippen LogP contribution in [-0.4, -0.2) is 70.2 Å². The molecule has 0 radical (unpaired) electrons. The molecular weight excluding hydrogens is 501 g/mol. The van der Waals surface area contributed by atoms with Crippen LogP contribution in [0.3, 0.4) is 0 Å². The molecule has 0 aromatic heterocycles. The van der Waals surface area contributed by atoms with Crippen LogP contribution in [0.25, 0.3) is 0 Å². The number of halogens is 2. The lowest BCUT2D eigenvalue weighted by Gasteiger charge is -2.34. The number of sulfonamides is 1. The van der Waals surface area contributed by atoms with Crippen LogP contribution in [-0.2, 0) is 19.5 Å². The molecule has 2 aromatic rings. The van der Waals surface area contributed by atoms with Gasteiger partial charge < -0.3 is 19.7 Å². The predicted molar refractivity (Wildman–Crippen MR) is 133 cm³/mol. The van der Waals surface area contributed by atoms with Gasteiger partial charge in [-0.2, -0.15) is 4.31 Å². The van der Waals surface area contributed by atoms with Crippen molar-refractivity contribution >= 4 is 50.5 Å². The number of nitrogens with zero attached hydrogens (tertiary/aromatic N) is 2. The summed E-state index contributed by atoms with van der Waals surface area (Å²) in [4.78, 5) is 15.2. The average Bonchev–Trinajstić information content (AvgIpc) is 2.79. The Balaban J connectivity index is 1.61. The van der Waals surface area contributed by atoms with Crippen molar-refractivity contribution in [2.75, 3.05) is 49.6 Å². The Morgan fingerprint density at radius 3 is 2.38 bits per heavy atom. The molecular formula is C23H27Cl2N3O5S. The van der Waals surface area contributed by atoms with Crippen molar-refractivity contribution in [3.8, 4) is 0 Å². The number of carbonyl (C=O) groups is 1. The maximum atomic E-state index is 13.4. The summed E-state index contributed by atoms with van der Waals surface area (Å²) in [5, 5.41) is 3.41. The van der Waals surface area contributed by atoms with Crippen LogP contribution in [0.5, 0.6) is 0 Å². The fourth-order valence-corrected chi connectivity index (χ4v) is 6.45. The third kappa shape index (κ3) is 5.50. The van der Waals surface area contributed by atoms with Crippen LogP contribution < -0.4 is 10.2 Å². The van der Waals surface area contributed by atoms with E-state index in [1.165, 1.54) is 22.5 Å². The van der Waals surface area contributed by atoms with Crippen molar-refractivity contribution in [1.82, 2.24) is 4.31 Å². The Morgan fingerprint density at radius 1 is 1.03 bits per heavy atom. The molecule has 34 heavy (non-hydrogen) atoms. The SMILES string of the molecule is CC1CN(S(=O)(=O)c2cc(C(=O)Nc3cc(Cl)ccc3N3CCOCC3)ccc2Cl)CC(C)O1. The second kappa shape index (κ2) is 10.4. The molecule has 2 aliphatic heterocycles. The molecule has 11 heteroatoms. The van der Waals surface area contributed by atoms with Crippen LogP contribution in [0.1, 0.15) is 24.2 Å². The molecule has 1 N–H and O–H groups in total. The monoisotopic (exact) mass is 527 g/mol. The maximum absolute atomic E-state index is 13.4. The smallest absolute Gasteiger partial charge is 0.255 e. The fourth-order valence-electron chi connectivity index (χ4n) is 4.19. The zero-order chi connectivity index (χ0) is 24.5. The van der Waals surface area contributed by atoms with E-state index < -0.39 is 15.9 Å². The summed E-state index contributed by atoms with van der Waals surface area (Å²) in [6.45, 7) is 6.62. The lowest BCUT2D eigenvalue weighted by molar-refractivity contribution is -0.0440. The Morgan fingerprint density at radius 2 is 1.71 bits per heavy atom. The Bertz CT molecular complexity index is 1160. The van der Waals surface area contributed by atoms with Gasteiger partial charge in [-0.1, -0.05) is 23.2 Å². The van der Waals surface area contributed by atoms with Crippen LogP contribution in [0.15, 0.2) is 41.3 Å². The highest BCUT2D eigenvalue weighted by atomic mass is 35.5. The van der Waals surface area contributed by atoms with Gasteiger partial charge in [0.05, 0.1) is 41.8 Å². The normalized spacial score (nSPS) is 21.9. The third-order valence-corrected chi connectivity index (χ3v) is 8.30. The van der Waals surface area contributed by atoms with Crippen molar-refractivity contribution in [2.24, 2.45) is 0 Å². The number of amides is 1. The highest BCUT2D eigenvalue weighted by Gasteiger charge is 2.34. The number of hydrogen-bond donors (Lipinski definition) is 1. The van der Waals surface area contributed by atoms with Gasteiger partial charge in [0.2, 0.25) is 10.0 Å². The first-order valence-corrected chi connectivity index (χ1v) is 13.2. The van der Waals surface area contributed by atoms with Crippen molar-refractivity contribution in [2.45, 2.75) is 31.0 Å². The molecule has 2 aliphatic rings. The molecule has 2 aromatic carbocycles. The van der Waals surface area contributed by atoms with Crippen molar-refractivity contribution in [1.29, 1.82) is 0 Å². The molecule has 0 aliphatic carbocycles. The van der Waals surface area contributed by atoms with E-state index >= 15 is 0 Å². The number of benzene rings is 2. The second-order valence-corrected chi connectivity index (χ2v) is 11.2. The molecule has 0 spiro atoms. The molecule has 0 bridgehead atoms. The average molecular weight is 528 g/mol. The zero-order valence-electron chi connectivity index (χ0n) is 19.0. The minimum Gasteiger partial charge on any atom is -0.378 e. The summed E-state index contributed by atoms with van der Waals surface area (Å²) < 4.78 is 39.1. The molecule has 4 rings (SSSR count). The quantitative estimate of drug-likeness (QED) is 0.634. The van der Waals surface area contributed by atoms with Crippen molar-refractivity contribution in [3.63, 3.8) is 0 Å². The summed E-state index contributed by atoms with van der Waals surface area (Å²) in [5.41, 5.74) is 1.53. The Kier molecular flexibility index (Phi) is 7.71. The molecule has 2 unspecified atom stereocenters. The number of morpholine rings is 2. The van der Waals surface area contributed by atoms with E-state index in [1.54, 1.807) is 12.1 Å². The summed E-state index contributed by atoms with van der Waals surface area (Å²) in [6.07, 6.45) is -0.490. The Hall–Kier alpha value is -1.88. The first-order chi connectivity index (χ1) is 16.1. The number of hydrogen-bond acceptors (Lipinski definition) is 6. The topological polar surface area (TPSA) is 88.2 Å². The van der Waals surface area contributed by atoms with E-state index in [1.807, 2.05) is 19.9 Å². The van der Waals surface area contributed by atoms with Gasteiger partial charge in [0.15, 0.2) is 0 Å². The highest BCUT2D eigenvalue weighted by Crippen LogP contribution is 2.32. The number of rotatable bonds is 5. The van der Waals surface area contributed by atoms with Crippen molar-refractivity contribution < 1.29 is 22.7 Å². The highest BCUT2D eigenvalue weighted by molar-refractivity contribution is 7.89. The van der Waals surface area contributed by atoms with E-state index in [-0.39, 0.29) is 40.8 Å². The van der Waals surface area contributed by atoms with Gasteiger partial charge in [0.25, 0.3) is 5.91 Å². The minimum absolute atomic E-state index is 0.0557. The van der Waals surface area contributed by atoms with Gasteiger partial charge in [-0.15, -0.1) is 0 Å². The van der Waals surface area contributed by atoms with Gasteiger partial charge in [-0.05, 0) is 50.2 Å². The van der Waals surface area contributed by atoms with E-state index in [9.17, 15) is 13.2 Å². The lowest BCUT2D eigenvalue weighted by atomic mass is 10.2. The van der Waals surface area contributed by atoms with Gasteiger partial charge in [0, 0.05) is 36.8 Å². The van der Waals surface area contributed by atoms with Gasteiger partial charge in [-0.3, -0.25) is 4.79 Å². The molecule has 2 heterocycles. The van der Waals surface area contributed by atoms with Crippen molar-refractivity contribution in [3.05, 3.63) is 52.0 Å². The third-order valence-electron chi connectivity index (χ3n) is 5.76. The maximum Gasteiger partial charge on any atom is 0.255 e. The summed E-state index contributed by atoms with van der Waals surface area (Å²) in [6, 6.07) is 9.53. The van der Waals surface area contributed by atoms with Crippen LogP contribution in [0.4, 0.5) is 11.4 Å². The summed E-state index contributed by atoms with van der Waals surface area (Å²) in [5.74, 6) is -0.464. The first-order valence-electron chi connectivity index (χ1n) is 11.0. The van der Waals surface area contributed by atoms with E-state index in [0.717, 1.165) is 5.69 Å². The zero-order valence-corrected chi connectivity index (χ0v) is 21.3. The molecule has 2 fully saturated rings. The summed E-state index contributed by atoms with van der Waals surface area (Å²) >= 11 is 12.5. The molecule has 8 nitrogen and oxygen atoms in total. The first kappa shape index (κ1) is 25.2. The molecule has 2 saturated heterocycles. The lowest BCUT2D eigenvalue weighted by Crippen LogP contribution is -2.48. The number of nitrogens with one attached hydrogen (secondary N) is 1. The fraction of sp³-hybridized carbons (Fsp3) is 0.435. The molecule has 184 valence electrons. The minimum atomic E-state index is -3.92. The Labute approximate surface area is 209 Å². The van der Waals surface area contributed by atoms with Crippen LogP contribution in [0, 0.1) is 0 Å². The number of anilines is 2. The van der Waals surface area contributed by atoms with Gasteiger partial charge in [-0.25, -0.2) is 8.42 Å². The summed E-state index contributed by atoms with van der Waals surface area (Å²) in [7, 11) is -3.92. The van der Waals surface area contributed by atoms with E-state index in [4.69, 9.17) is 32.7 Å². The van der Waals surface area contributed by atoms with Crippen LogP contribution in [0.2, 0.25) is 10.0 Å². The predicted octanol–water partition coefficient (Wildman–Crippen LogP) is 3.88. The molecule has 2 atom stereocenters. The number of ether oxygens (including phenoxy) is 2. The molecule has 0 saturated carbocycles. The number of carbonyl (C=O) groups excluding carboxylic acids is 1. The van der Waals surface area contributed by atoms with E-state index in [2.05, 4.69) is 10.2 Å². The molecule has 1 amide bonds. The standard InChI is InChI=1S/C23H27Cl2N3O5S/c1-15-13-28(14-16(2)33-15)34(30,31)22-11-17(3-5-19(22)25)23(29)26-20-12-18(24)4-6-21(20)27-7-9-32-10-8-27/h3-6,11-12,15-16H,7-10,13-14H2,1-2H3,(H,26,29). The largest absolute Gasteiger partial charge is 0.378 e.